The smallest absolute Gasteiger partial charge is 0.0348 e. The molecule has 0 saturated heterocycles. The highest BCUT2D eigenvalue weighted by Crippen LogP contribution is 2.22. The number of nitrogens with one attached hydrogen (secondary N) is 1. The maximum atomic E-state index is 12.0. The van der Waals surface area contributed by atoms with Gasteiger partial charge in [0.25, 0.3) is 0 Å². The summed E-state index contributed by atoms with van der Waals surface area (Å²) in [7, 11) is 1.47. The van der Waals surface area contributed by atoms with Crippen LogP contribution in [0.25, 0.3) is 0 Å². The predicted molar refractivity (Wildman–Crippen MR) is 72.3 cm³/mol. The largest absolute Gasteiger partial charge is 0.317 e. The molecule has 0 spiro atoms. The summed E-state index contributed by atoms with van der Waals surface area (Å²) in [4.78, 5) is 0. The third-order valence-corrected chi connectivity index (χ3v) is 5.63. The van der Waals surface area contributed by atoms with Gasteiger partial charge in [-0.05, 0) is 39.2 Å². The number of hydrogen-bond acceptors (Lipinski definition) is 2. The van der Waals surface area contributed by atoms with E-state index in [0.717, 1.165) is 12.2 Å². The van der Waals surface area contributed by atoms with E-state index >= 15 is 0 Å². The molecule has 2 unspecified atom stereocenters. The Bertz CT molecular complexity index is 198. The van der Waals surface area contributed by atoms with Crippen molar-refractivity contribution in [2.75, 3.05) is 12.8 Å². The van der Waals surface area contributed by atoms with E-state index in [4.69, 9.17) is 0 Å². The molecule has 0 heterocycles. The highest BCUT2D eigenvalue weighted by molar-refractivity contribution is 7.85. The highest BCUT2D eigenvalue weighted by Gasteiger charge is 2.19. The van der Waals surface area contributed by atoms with E-state index in [0.29, 0.717) is 11.3 Å². The first-order valence-corrected chi connectivity index (χ1v) is 8.20. The van der Waals surface area contributed by atoms with Gasteiger partial charge in [0.15, 0.2) is 0 Å². The molecule has 1 aliphatic carbocycles. The fourth-order valence-electron chi connectivity index (χ4n) is 2.52. The molecule has 1 aliphatic rings. The zero-order valence-electron chi connectivity index (χ0n) is 10.8. The predicted octanol–water partition coefficient (Wildman–Crippen LogP) is 2.85. The van der Waals surface area contributed by atoms with Crippen molar-refractivity contribution >= 4 is 10.8 Å². The van der Waals surface area contributed by atoms with Crippen LogP contribution < -0.4 is 5.32 Å². The second-order valence-electron chi connectivity index (χ2n) is 4.88. The van der Waals surface area contributed by atoms with Gasteiger partial charge in [0.05, 0.1) is 0 Å². The summed E-state index contributed by atoms with van der Waals surface area (Å²) in [6.45, 7) is 2.21. The van der Waals surface area contributed by atoms with Gasteiger partial charge in [0.2, 0.25) is 0 Å². The maximum absolute atomic E-state index is 12.0. The van der Waals surface area contributed by atoms with Crippen LogP contribution in [0.15, 0.2) is 0 Å². The lowest BCUT2D eigenvalue weighted by Crippen LogP contribution is -2.26. The first kappa shape index (κ1) is 14.2. The molecule has 16 heavy (non-hydrogen) atoms. The van der Waals surface area contributed by atoms with E-state index in [2.05, 4.69) is 12.2 Å². The normalized spacial score (nSPS) is 21.9. The van der Waals surface area contributed by atoms with Crippen molar-refractivity contribution in [1.29, 1.82) is 0 Å². The molecule has 3 heteroatoms. The van der Waals surface area contributed by atoms with Crippen molar-refractivity contribution in [2.24, 2.45) is 0 Å². The Hall–Kier alpha value is 0.110. The molecule has 2 atom stereocenters. The third kappa shape index (κ3) is 4.96. The average molecular weight is 245 g/mol. The van der Waals surface area contributed by atoms with Gasteiger partial charge in [-0.15, -0.1) is 0 Å². The lowest BCUT2D eigenvalue weighted by Gasteiger charge is -2.21. The van der Waals surface area contributed by atoms with E-state index in [-0.39, 0.29) is 0 Å². The Kier molecular flexibility index (Phi) is 7.30. The van der Waals surface area contributed by atoms with Gasteiger partial charge in [0, 0.05) is 27.8 Å². The Morgan fingerprint density at radius 2 is 2.00 bits per heavy atom. The van der Waals surface area contributed by atoms with Crippen LogP contribution in [0, 0.1) is 0 Å². The topological polar surface area (TPSA) is 29.1 Å². The summed E-state index contributed by atoms with van der Waals surface area (Å²) in [5, 5.41) is 3.82. The van der Waals surface area contributed by atoms with E-state index < -0.39 is 10.8 Å². The van der Waals surface area contributed by atoms with Crippen molar-refractivity contribution in [2.45, 2.75) is 69.6 Å². The van der Waals surface area contributed by atoms with Gasteiger partial charge in [-0.3, -0.25) is 4.21 Å². The molecule has 0 aliphatic heterocycles. The van der Waals surface area contributed by atoms with E-state index in [1.807, 2.05) is 7.05 Å². The van der Waals surface area contributed by atoms with Gasteiger partial charge in [-0.1, -0.05) is 26.2 Å². The maximum Gasteiger partial charge on any atom is 0.0348 e. The molecule has 96 valence electrons. The highest BCUT2D eigenvalue weighted by atomic mass is 32.2. The van der Waals surface area contributed by atoms with Crippen molar-refractivity contribution in [3.05, 3.63) is 0 Å². The van der Waals surface area contributed by atoms with Gasteiger partial charge in [-0.2, -0.15) is 0 Å². The number of hydrogen-bond donors (Lipinski definition) is 1. The Morgan fingerprint density at radius 1 is 1.31 bits per heavy atom. The SMILES string of the molecule is CCC(CCCS(=O)C1CCCCC1)NC. The lowest BCUT2D eigenvalue weighted by atomic mass is 10.0. The van der Waals surface area contributed by atoms with Crippen LogP contribution in [0.5, 0.6) is 0 Å². The summed E-state index contributed by atoms with van der Waals surface area (Å²) in [6, 6.07) is 0.614. The molecule has 0 amide bonds. The molecule has 1 saturated carbocycles. The van der Waals surface area contributed by atoms with Crippen LogP contribution in [-0.2, 0) is 10.8 Å². The lowest BCUT2D eigenvalue weighted by molar-refractivity contribution is 0.494. The van der Waals surface area contributed by atoms with E-state index in [1.54, 1.807) is 0 Å². The first-order valence-electron chi connectivity index (χ1n) is 6.82. The van der Waals surface area contributed by atoms with Crippen LogP contribution in [0.4, 0.5) is 0 Å². The molecule has 1 N–H and O–H groups in total. The van der Waals surface area contributed by atoms with Gasteiger partial charge >= 0.3 is 0 Å². The zero-order valence-corrected chi connectivity index (χ0v) is 11.7. The molecule has 0 aromatic rings. The minimum Gasteiger partial charge on any atom is -0.317 e. The molecule has 2 nitrogen and oxygen atoms in total. The molecule has 0 radical (unpaired) electrons. The second-order valence-corrected chi connectivity index (χ2v) is 6.72. The fraction of sp³-hybridized carbons (Fsp3) is 1.00. The van der Waals surface area contributed by atoms with Crippen LogP contribution in [0.2, 0.25) is 0 Å². The molecule has 0 bridgehead atoms. The Labute approximate surface area is 103 Å². The van der Waals surface area contributed by atoms with Crippen molar-refractivity contribution < 1.29 is 4.21 Å². The van der Waals surface area contributed by atoms with Gasteiger partial charge in [0.1, 0.15) is 0 Å². The molecule has 0 aromatic carbocycles. The third-order valence-electron chi connectivity index (χ3n) is 3.72. The molecule has 1 rings (SSSR count). The van der Waals surface area contributed by atoms with Crippen molar-refractivity contribution in [3.8, 4) is 0 Å². The molecule has 0 aromatic heterocycles. The molecular formula is C13H27NOS. The minimum absolute atomic E-state index is 0.517. The standard InChI is InChI=1S/C13H27NOS/c1-3-12(14-2)8-7-11-16(15)13-9-5-4-6-10-13/h12-14H,3-11H2,1-2H3. The van der Waals surface area contributed by atoms with Crippen molar-refractivity contribution in [1.82, 2.24) is 5.32 Å². The summed E-state index contributed by atoms with van der Waals surface area (Å²) in [5.74, 6) is 0.919. The van der Waals surface area contributed by atoms with Gasteiger partial charge < -0.3 is 5.32 Å². The van der Waals surface area contributed by atoms with E-state index in [1.165, 1.54) is 44.9 Å². The number of rotatable bonds is 7. The molecule has 1 fully saturated rings. The van der Waals surface area contributed by atoms with E-state index in [9.17, 15) is 4.21 Å². The Balaban J connectivity index is 2.13. The molecular weight excluding hydrogens is 218 g/mol. The summed E-state index contributed by atoms with van der Waals surface area (Å²) in [5.41, 5.74) is 0. The van der Waals surface area contributed by atoms with Crippen LogP contribution in [-0.4, -0.2) is 28.3 Å². The summed E-state index contributed by atoms with van der Waals surface area (Å²) < 4.78 is 12.0. The van der Waals surface area contributed by atoms with Crippen LogP contribution in [0.3, 0.4) is 0 Å². The Morgan fingerprint density at radius 3 is 2.56 bits per heavy atom. The quantitative estimate of drug-likeness (QED) is 0.747. The van der Waals surface area contributed by atoms with Crippen molar-refractivity contribution in [3.63, 3.8) is 0 Å². The monoisotopic (exact) mass is 245 g/mol. The zero-order chi connectivity index (χ0) is 11.8. The average Bonchev–Trinajstić information content (AvgIpc) is 2.35. The summed E-state index contributed by atoms with van der Waals surface area (Å²) >= 11 is 0. The summed E-state index contributed by atoms with van der Waals surface area (Å²) in [6.07, 6.45) is 9.81. The first-order chi connectivity index (χ1) is 7.77. The minimum atomic E-state index is -0.555. The van der Waals surface area contributed by atoms with Gasteiger partial charge in [-0.25, -0.2) is 0 Å². The second kappa shape index (κ2) is 8.24. The van der Waals surface area contributed by atoms with Crippen LogP contribution >= 0.6 is 0 Å². The van der Waals surface area contributed by atoms with Crippen LogP contribution in [0.1, 0.15) is 58.3 Å². The fourth-order valence-corrected chi connectivity index (χ4v) is 4.16.